The molecular formula is C11H12FN5S. The van der Waals surface area contributed by atoms with Crippen molar-refractivity contribution in [3.05, 3.63) is 29.6 Å². The summed E-state index contributed by atoms with van der Waals surface area (Å²) in [6, 6.07) is 5.16. The molecule has 94 valence electrons. The predicted octanol–water partition coefficient (Wildman–Crippen LogP) is 2.02. The quantitative estimate of drug-likeness (QED) is 0.676. The number of hydrogen-bond donors (Lipinski definition) is 1. The van der Waals surface area contributed by atoms with Crippen molar-refractivity contribution in [1.82, 2.24) is 20.2 Å². The summed E-state index contributed by atoms with van der Waals surface area (Å²) in [4.78, 5) is 0. The molecular weight excluding hydrogens is 253 g/mol. The first-order chi connectivity index (χ1) is 8.74. The molecule has 18 heavy (non-hydrogen) atoms. The zero-order valence-electron chi connectivity index (χ0n) is 9.58. The van der Waals surface area contributed by atoms with E-state index in [1.54, 1.807) is 12.1 Å². The highest BCUT2D eigenvalue weighted by atomic mass is 32.2. The molecule has 2 aromatic rings. The SMILES string of the molecule is Nc1ccc(CSc2nnnn2C2CC2)c(F)c1. The van der Waals surface area contributed by atoms with E-state index in [9.17, 15) is 4.39 Å². The predicted molar refractivity (Wildman–Crippen MR) is 66.5 cm³/mol. The Labute approximate surface area is 108 Å². The van der Waals surface area contributed by atoms with Crippen LogP contribution in [0.2, 0.25) is 0 Å². The molecule has 1 fully saturated rings. The van der Waals surface area contributed by atoms with E-state index < -0.39 is 0 Å². The maximum atomic E-state index is 13.6. The number of aromatic nitrogens is 4. The van der Waals surface area contributed by atoms with Gasteiger partial charge in [-0.15, -0.1) is 5.10 Å². The van der Waals surface area contributed by atoms with Gasteiger partial charge in [0.2, 0.25) is 5.16 Å². The van der Waals surface area contributed by atoms with Gasteiger partial charge < -0.3 is 5.73 Å². The van der Waals surface area contributed by atoms with Gasteiger partial charge in [-0.2, -0.15) is 0 Å². The smallest absolute Gasteiger partial charge is 0.209 e. The highest BCUT2D eigenvalue weighted by Gasteiger charge is 2.27. The Bertz CT molecular complexity index is 566. The molecule has 1 saturated carbocycles. The van der Waals surface area contributed by atoms with Crippen molar-refractivity contribution in [3.63, 3.8) is 0 Å². The molecule has 3 rings (SSSR count). The molecule has 0 unspecified atom stereocenters. The molecule has 0 spiro atoms. The highest BCUT2D eigenvalue weighted by molar-refractivity contribution is 7.98. The lowest BCUT2D eigenvalue weighted by atomic mass is 10.2. The molecule has 1 aliphatic rings. The summed E-state index contributed by atoms with van der Waals surface area (Å²) in [5, 5.41) is 12.3. The number of rotatable bonds is 4. The summed E-state index contributed by atoms with van der Waals surface area (Å²) in [5.74, 6) is 0.215. The number of thioether (sulfide) groups is 1. The van der Waals surface area contributed by atoms with Crippen LogP contribution in [0.25, 0.3) is 0 Å². The van der Waals surface area contributed by atoms with E-state index in [4.69, 9.17) is 5.73 Å². The van der Waals surface area contributed by atoms with Gasteiger partial charge in [0.25, 0.3) is 0 Å². The largest absolute Gasteiger partial charge is 0.399 e. The first kappa shape index (κ1) is 11.5. The molecule has 1 aliphatic carbocycles. The molecule has 0 atom stereocenters. The summed E-state index contributed by atoms with van der Waals surface area (Å²) in [6.07, 6.45) is 2.24. The fourth-order valence-electron chi connectivity index (χ4n) is 1.65. The summed E-state index contributed by atoms with van der Waals surface area (Å²) in [7, 11) is 0. The van der Waals surface area contributed by atoms with Crippen LogP contribution in [0.5, 0.6) is 0 Å². The molecule has 1 aromatic carbocycles. The lowest BCUT2D eigenvalue weighted by molar-refractivity contribution is 0.565. The van der Waals surface area contributed by atoms with Crippen LogP contribution in [0.15, 0.2) is 23.4 Å². The average Bonchev–Trinajstić information content (AvgIpc) is 3.08. The number of tetrazole rings is 1. The topological polar surface area (TPSA) is 69.6 Å². The third kappa shape index (κ3) is 2.31. The van der Waals surface area contributed by atoms with Crippen molar-refractivity contribution in [1.29, 1.82) is 0 Å². The van der Waals surface area contributed by atoms with Gasteiger partial charge in [-0.1, -0.05) is 17.8 Å². The second kappa shape index (κ2) is 4.56. The summed E-state index contributed by atoms with van der Waals surface area (Å²) in [6.45, 7) is 0. The minimum Gasteiger partial charge on any atom is -0.399 e. The normalized spacial score (nSPS) is 14.9. The first-order valence-corrected chi connectivity index (χ1v) is 6.67. The Morgan fingerprint density at radius 3 is 3.00 bits per heavy atom. The standard InChI is InChI=1S/C11H12FN5S/c12-10-5-8(13)2-1-7(10)6-18-11-14-15-16-17(11)9-3-4-9/h1-2,5,9H,3-4,6,13H2. The van der Waals surface area contributed by atoms with E-state index in [0.29, 0.717) is 23.0 Å². The van der Waals surface area contributed by atoms with Gasteiger partial charge in [-0.3, -0.25) is 0 Å². The molecule has 1 aromatic heterocycles. The van der Waals surface area contributed by atoms with Crippen LogP contribution in [0.1, 0.15) is 24.4 Å². The number of benzene rings is 1. The Morgan fingerprint density at radius 2 is 2.28 bits per heavy atom. The monoisotopic (exact) mass is 265 g/mol. The Kier molecular flexibility index (Phi) is 2.91. The van der Waals surface area contributed by atoms with Crippen molar-refractivity contribution in [2.45, 2.75) is 29.8 Å². The van der Waals surface area contributed by atoms with Crippen LogP contribution in [0.4, 0.5) is 10.1 Å². The summed E-state index contributed by atoms with van der Waals surface area (Å²) >= 11 is 1.44. The molecule has 0 radical (unpaired) electrons. The fraction of sp³-hybridized carbons (Fsp3) is 0.364. The summed E-state index contributed by atoms with van der Waals surface area (Å²) in [5.41, 5.74) is 6.55. The molecule has 5 nitrogen and oxygen atoms in total. The maximum Gasteiger partial charge on any atom is 0.209 e. The molecule has 0 saturated heterocycles. The molecule has 0 aliphatic heterocycles. The zero-order chi connectivity index (χ0) is 12.5. The van der Waals surface area contributed by atoms with Gasteiger partial charge in [0.1, 0.15) is 5.82 Å². The molecule has 2 N–H and O–H groups in total. The Hall–Kier alpha value is -1.63. The van der Waals surface area contributed by atoms with E-state index in [0.717, 1.165) is 18.0 Å². The Balaban J connectivity index is 1.71. The van der Waals surface area contributed by atoms with Gasteiger partial charge in [0, 0.05) is 11.4 Å². The van der Waals surface area contributed by atoms with Crippen LogP contribution in [-0.4, -0.2) is 20.2 Å². The third-order valence-electron chi connectivity index (χ3n) is 2.79. The van der Waals surface area contributed by atoms with Crippen LogP contribution in [0, 0.1) is 5.82 Å². The average molecular weight is 265 g/mol. The van der Waals surface area contributed by atoms with E-state index in [1.165, 1.54) is 17.8 Å². The van der Waals surface area contributed by atoms with Crippen LogP contribution < -0.4 is 5.73 Å². The number of anilines is 1. The first-order valence-electron chi connectivity index (χ1n) is 5.68. The van der Waals surface area contributed by atoms with Crippen LogP contribution in [-0.2, 0) is 5.75 Å². The van der Waals surface area contributed by atoms with Crippen molar-refractivity contribution in [2.75, 3.05) is 5.73 Å². The minimum atomic E-state index is -0.284. The van der Waals surface area contributed by atoms with Gasteiger partial charge in [0.15, 0.2) is 0 Å². The molecule has 0 amide bonds. The van der Waals surface area contributed by atoms with Crippen LogP contribution >= 0.6 is 11.8 Å². The van der Waals surface area contributed by atoms with Crippen molar-refractivity contribution in [3.8, 4) is 0 Å². The fourth-order valence-corrected chi connectivity index (χ4v) is 2.58. The van der Waals surface area contributed by atoms with E-state index in [2.05, 4.69) is 15.5 Å². The number of hydrogen-bond acceptors (Lipinski definition) is 5. The van der Waals surface area contributed by atoms with E-state index in [-0.39, 0.29) is 5.82 Å². The zero-order valence-corrected chi connectivity index (χ0v) is 10.4. The van der Waals surface area contributed by atoms with E-state index in [1.807, 2.05) is 4.68 Å². The van der Waals surface area contributed by atoms with Crippen molar-refractivity contribution >= 4 is 17.4 Å². The Morgan fingerprint density at radius 1 is 1.44 bits per heavy atom. The number of nitrogen functional groups attached to an aromatic ring is 1. The van der Waals surface area contributed by atoms with Gasteiger partial charge in [-0.05, 0) is 41.0 Å². The molecule has 1 heterocycles. The number of nitrogens with zero attached hydrogens (tertiary/aromatic N) is 4. The van der Waals surface area contributed by atoms with Gasteiger partial charge in [0.05, 0.1) is 6.04 Å². The van der Waals surface area contributed by atoms with Crippen molar-refractivity contribution in [2.24, 2.45) is 0 Å². The van der Waals surface area contributed by atoms with Gasteiger partial charge in [-0.25, -0.2) is 9.07 Å². The minimum absolute atomic E-state index is 0.284. The van der Waals surface area contributed by atoms with Gasteiger partial charge >= 0.3 is 0 Å². The maximum absolute atomic E-state index is 13.6. The lowest BCUT2D eigenvalue weighted by Gasteiger charge is -2.04. The number of nitrogens with two attached hydrogens (primary N) is 1. The third-order valence-corrected chi connectivity index (χ3v) is 3.77. The second-order valence-corrected chi connectivity index (χ2v) is 5.22. The molecule has 7 heteroatoms. The molecule has 0 bridgehead atoms. The highest BCUT2D eigenvalue weighted by Crippen LogP contribution is 2.37. The second-order valence-electron chi connectivity index (χ2n) is 4.28. The lowest BCUT2D eigenvalue weighted by Crippen LogP contribution is -1.99. The van der Waals surface area contributed by atoms with E-state index >= 15 is 0 Å². The number of halogens is 1. The van der Waals surface area contributed by atoms with Crippen LogP contribution in [0.3, 0.4) is 0 Å². The summed E-state index contributed by atoms with van der Waals surface area (Å²) < 4.78 is 15.4. The van der Waals surface area contributed by atoms with Crippen molar-refractivity contribution < 1.29 is 4.39 Å².